The molecule has 1 atom stereocenters. The molecule has 1 rings (SSSR count). The van der Waals surface area contributed by atoms with E-state index < -0.39 is 5.92 Å². The summed E-state index contributed by atoms with van der Waals surface area (Å²) < 4.78 is 0. The third-order valence-electron chi connectivity index (χ3n) is 3.80. The lowest BCUT2D eigenvalue weighted by molar-refractivity contribution is -0.139. The topological polar surface area (TPSA) is 37.4 Å². The van der Waals surface area contributed by atoms with E-state index in [9.17, 15) is 9.59 Å². The Morgan fingerprint density at radius 1 is 1.06 bits per heavy atom. The van der Waals surface area contributed by atoms with Crippen LogP contribution in [-0.4, -0.2) is 29.7 Å². The Kier molecular flexibility index (Phi) is 6.99. The van der Waals surface area contributed by atoms with Crippen LogP contribution in [0.2, 0.25) is 0 Å². The maximum Gasteiger partial charge on any atom is 0.232 e. The molecule has 104 valence electrons. The monoisotopic (exact) mass is 253 g/mol. The highest BCUT2D eigenvalue weighted by molar-refractivity contribution is 6.00. The third kappa shape index (κ3) is 4.79. The summed E-state index contributed by atoms with van der Waals surface area (Å²) in [7, 11) is 0. The highest BCUT2D eigenvalue weighted by Gasteiger charge is 2.27. The second-order valence-electron chi connectivity index (χ2n) is 5.38. The summed E-state index contributed by atoms with van der Waals surface area (Å²) >= 11 is 0. The molecule has 1 heterocycles. The molecule has 0 bridgehead atoms. The fraction of sp³-hybridized carbons (Fsp3) is 0.867. The summed E-state index contributed by atoms with van der Waals surface area (Å²) in [5, 5.41) is 0. The molecule has 0 unspecified atom stereocenters. The van der Waals surface area contributed by atoms with Gasteiger partial charge in [-0.2, -0.15) is 0 Å². The van der Waals surface area contributed by atoms with Crippen LogP contribution in [-0.2, 0) is 9.59 Å². The maximum absolute atomic E-state index is 12.0. The van der Waals surface area contributed by atoms with Crippen molar-refractivity contribution in [2.45, 2.75) is 65.2 Å². The molecular weight excluding hydrogens is 226 g/mol. The number of carbonyl (C=O) groups is 2. The van der Waals surface area contributed by atoms with Crippen molar-refractivity contribution in [2.24, 2.45) is 5.92 Å². The van der Waals surface area contributed by atoms with Crippen LogP contribution in [0, 0.1) is 5.92 Å². The molecule has 0 aliphatic carbocycles. The second-order valence-corrected chi connectivity index (χ2v) is 5.38. The number of amides is 1. The van der Waals surface area contributed by atoms with Crippen LogP contribution >= 0.6 is 0 Å². The summed E-state index contributed by atoms with van der Waals surface area (Å²) in [6.07, 6.45) is 8.48. The molecule has 1 saturated heterocycles. The SMILES string of the molecule is CCCCCCCC(=O)[C@H](C)C(=O)N1CCCC1. The quantitative estimate of drug-likeness (QED) is 0.492. The van der Waals surface area contributed by atoms with Crippen LogP contribution in [0.5, 0.6) is 0 Å². The Bertz CT molecular complexity index is 270. The minimum atomic E-state index is -0.422. The van der Waals surface area contributed by atoms with Crippen LogP contribution < -0.4 is 0 Å². The minimum absolute atomic E-state index is 0.0473. The number of ketones is 1. The first-order valence-electron chi connectivity index (χ1n) is 7.48. The van der Waals surface area contributed by atoms with Crippen molar-refractivity contribution in [1.29, 1.82) is 0 Å². The summed E-state index contributed by atoms with van der Waals surface area (Å²) in [5.74, 6) is -0.247. The molecule has 18 heavy (non-hydrogen) atoms. The molecule has 0 N–H and O–H groups in total. The van der Waals surface area contributed by atoms with E-state index in [2.05, 4.69) is 6.92 Å². The highest BCUT2D eigenvalue weighted by Crippen LogP contribution is 2.15. The van der Waals surface area contributed by atoms with E-state index >= 15 is 0 Å². The molecule has 1 aliphatic heterocycles. The van der Waals surface area contributed by atoms with E-state index in [-0.39, 0.29) is 11.7 Å². The van der Waals surface area contributed by atoms with E-state index in [0.717, 1.165) is 38.8 Å². The molecule has 1 aliphatic rings. The van der Waals surface area contributed by atoms with Gasteiger partial charge in [0.25, 0.3) is 0 Å². The predicted octanol–water partition coefficient (Wildman–Crippen LogP) is 3.17. The lowest BCUT2D eigenvalue weighted by atomic mass is 9.99. The molecule has 0 saturated carbocycles. The van der Waals surface area contributed by atoms with Crippen molar-refractivity contribution in [2.75, 3.05) is 13.1 Å². The van der Waals surface area contributed by atoms with Crippen LogP contribution in [0.15, 0.2) is 0 Å². The smallest absolute Gasteiger partial charge is 0.232 e. The van der Waals surface area contributed by atoms with E-state index in [1.807, 2.05) is 4.90 Å². The Morgan fingerprint density at radius 3 is 2.28 bits per heavy atom. The number of Topliss-reactive ketones (excluding diaryl/α,β-unsaturated/α-hetero) is 1. The molecule has 0 spiro atoms. The van der Waals surface area contributed by atoms with Crippen LogP contribution in [0.3, 0.4) is 0 Å². The second kappa shape index (κ2) is 8.28. The number of rotatable bonds is 8. The summed E-state index contributed by atoms with van der Waals surface area (Å²) in [6, 6.07) is 0. The number of unbranched alkanes of at least 4 members (excludes halogenated alkanes) is 4. The van der Waals surface area contributed by atoms with Crippen LogP contribution in [0.1, 0.15) is 65.2 Å². The molecule has 0 aromatic rings. The third-order valence-corrected chi connectivity index (χ3v) is 3.80. The summed E-state index contributed by atoms with van der Waals surface area (Å²) in [4.78, 5) is 25.8. The van der Waals surface area contributed by atoms with Crippen molar-refractivity contribution >= 4 is 11.7 Å². The lowest BCUT2D eigenvalue weighted by Crippen LogP contribution is -2.36. The predicted molar refractivity (Wildman–Crippen MR) is 73.4 cm³/mol. The molecule has 0 aromatic heterocycles. The van der Waals surface area contributed by atoms with E-state index in [1.165, 1.54) is 19.3 Å². The van der Waals surface area contributed by atoms with Gasteiger partial charge in [-0.1, -0.05) is 32.6 Å². The standard InChI is InChI=1S/C15H27NO2/c1-3-4-5-6-7-10-14(17)13(2)15(18)16-11-8-9-12-16/h13H,3-12H2,1-2H3/t13-/m0/s1. The molecule has 0 radical (unpaired) electrons. The van der Waals surface area contributed by atoms with E-state index in [0.29, 0.717) is 6.42 Å². The molecule has 0 aromatic carbocycles. The van der Waals surface area contributed by atoms with Crippen molar-refractivity contribution in [1.82, 2.24) is 4.90 Å². The van der Waals surface area contributed by atoms with Gasteiger partial charge in [-0.3, -0.25) is 9.59 Å². The van der Waals surface area contributed by atoms with Crippen molar-refractivity contribution in [3.63, 3.8) is 0 Å². The van der Waals surface area contributed by atoms with Crippen LogP contribution in [0.4, 0.5) is 0 Å². The Labute approximate surface area is 111 Å². The van der Waals surface area contributed by atoms with Gasteiger partial charge in [-0.15, -0.1) is 0 Å². The van der Waals surface area contributed by atoms with Crippen molar-refractivity contribution in [3.8, 4) is 0 Å². The largest absolute Gasteiger partial charge is 0.342 e. The summed E-state index contributed by atoms with van der Waals surface area (Å²) in [6.45, 7) is 5.64. The molecule has 3 nitrogen and oxygen atoms in total. The Morgan fingerprint density at radius 2 is 1.67 bits per heavy atom. The maximum atomic E-state index is 12.0. The van der Waals surface area contributed by atoms with Gasteiger partial charge >= 0.3 is 0 Å². The average Bonchev–Trinajstić information content (AvgIpc) is 2.90. The average molecular weight is 253 g/mol. The van der Waals surface area contributed by atoms with Gasteiger partial charge in [-0.25, -0.2) is 0 Å². The lowest BCUT2D eigenvalue weighted by Gasteiger charge is -2.19. The van der Waals surface area contributed by atoms with Gasteiger partial charge in [0.15, 0.2) is 0 Å². The first-order valence-corrected chi connectivity index (χ1v) is 7.48. The minimum Gasteiger partial charge on any atom is -0.342 e. The van der Waals surface area contributed by atoms with Gasteiger partial charge in [0.2, 0.25) is 5.91 Å². The first kappa shape index (κ1) is 15.2. The molecule has 1 amide bonds. The number of likely N-dealkylation sites (tertiary alicyclic amines) is 1. The Hall–Kier alpha value is -0.860. The highest BCUT2D eigenvalue weighted by atomic mass is 16.2. The molecule has 1 fully saturated rings. The number of carbonyl (C=O) groups excluding carboxylic acids is 2. The zero-order valence-electron chi connectivity index (χ0n) is 11.9. The van der Waals surface area contributed by atoms with Gasteiger partial charge in [0, 0.05) is 19.5 Å². The molecular formula is C15H27NO2. The zero-order chi connectivity index (χ0) is 13.4. The number of hydrogen-bond donors (Lipinski definition) is 0. The van der Waals surface area contributed by atoms with E-state index in [4.69, 9.17) is 0 Å². The zero-order valence-corrected chi connectivity index (χ0v) is 11.9. The van der Waals surface area contributed by atoms with Crippen LogP contribution in [0.25, 0.3) is 0 Å². The normalized spacial score (nSPS) is 16.9. The van der Waals surface area contributed by atoms with Gasteiger partial charge < -0.3 is 4.90 Å². The van der Waals surface area contributed by atoms with Crippen molar-refractivity contribution in [3.05, 3.63) is 0 Å². The first-order chi connectivity index (χ1) is 8.66. The van der Waals surface area contributed by atoms with E-state index in [1.54, 1.807) is 6.92 Å². The van der Waals surface area contributed by atoms with Crippen molar-refractivity contribution < 1.29 is 9.59 Å². The van der Waals surface area contributed by atoms with Gasteiger partial charge in [0.05, 0.1) is 5.92 Å². The summed E-state index contributed by atoms with van der Waals surface area (Å²) in [5.41, 5.74) is 0. The fourth-order valence-electron chi connectivity index (χ4n) is 2.47. The molecule has 3 heteroatoms. The van der Waals surface area contributed by atoms with Gasteiger partial charge in [-0.05, 0) is 26.2 Å². The number of nitrogens with zero attached hydrogens (tertiary/aromatic N) is 1. The van der Waals surface area contributed by atoms with Gasteiger partial charge in [0.1, 0.15) is 5.78 Å². The Balaban J connectivity index is 2.21. The fourth-order valence-corrected chi connectivity index (χ4v) is 2.47. The number of hydrogen-bond acceptors (Lipinski definition) is 2.